The molecule has 0 saturated heterocycles. The quantitative estimate of drug-likeness (QED) is 0.446. The summed E-state index contributed by atoms with van der Waals surface area (Å²) in [4.78, 5) is 12.3. The van der Waals surface area contributed by atoms with E-state index in [0.29, 0.717) is 12.8 Å². The molecule has 3 aliphatic rings. The van der Waals surface area contributed by atoms with Crippen molar-refractivity contribution in [2.75, 3.05) is 13.2 Å². The van der Waals surface area contributed by atoms with E-state index in [1.165, 1.54) is 6.08 Å². The lowest BCUT2D eigenvalue weighted by molar-refractivity contribution is -0.317. The van der Waals surface area contributed by atoms with Crippen LogP contribution < -0.4 is 0 Å². The first kappa shape index (κ1) is 16.8. The Morgan fingerprint density at radius 2 is 1.52 bits per heavy atom. The summed E-state index contributed by atoms with van der Waals surface area (Å²) in [5.74, 6) is -4.43. The number of halogens is 6. The SMILES string of the molecule is O=C1C[C@@H]2C=C[C@H](C1(OCC(F)(F)F)OCC(F)(F)F)C21CC1. The summed E-state index contributed by atoms with van der Waals surface area (Å²) in [5.41, 5.74) is -0.495. The highest BCUT2D eigenvalue weighted by atomic mass is 19.4. The van der Waals surface area contributed by atoms with Crippen LogP contribution in [0.2, 0.25) is 0 Å². The van der Waals surface area contributed by atoms with E-state index in [0.717, 1.165) is 0 Å². The molecule has 0 N–H and O–H groups in total. The fraction of sp³-hybridized carbons (Fsp3) is 0.786. The molecule has 0 aromatic rings. The molecule has 0 radical (unpaired) electrons. The lowest BCUT2D eigenvalue weighted by Crippen LogP contribution is -2.58. The summed E-state index contributed by atoms with van der Waals surface area (Å²) in [5, 5.41) is 0. The normalized spacial score (nSPS) is 31.0. The van der Waals surface area contributed by atoms with E-state index in [-0.39, 0.29) is 12.3 Å². The number of hydrogen-bond acceptors (Lipinski definition) is 3. The predicted octanol–water partition coefficient (Wildman–Crippen LogP) is 3.40. The second-order valence-corrected chi connectivity index (χ2v) is 6.30. The van der Waals surface area contributed by atoms with Crippen LogP contribution in [0.15, 0.2) is 12.2 Å². The molecule has 0 unspecified atom stereocenters. The number of hydrogen-bond donors (Lipinski definition) is 0. The van der Waals surface area contributed by atoms with E-state index in [4.69, 9.17) is 9.47 Å². The van der Waals surface area contributed by atoms with Crippen LogP contribution in [0, 0.1) is 17.3 Å². The average molecular weight is 344 g/mol. The fourth-order valence-corrected chi connectivity index (χ4v) is 3.74. The highest BCUT2D eigenvalue weighted by Gasteiger charge is 2.70. The number of rotatable bonds is 4. The van der Waals surface area contributed by atoms with Gasteiger partial charge in [0, 0.05) is 12.3 Å². The van der Waals surface area contributed by atoms with E-state index in [9.17, 15) is 31.1 Å². The first-order valence-corrected chi connectivity index (χ1v) is 7.12. The van der Waals surface area contributed by atoms with Crippen LogP contribution in [-0.4, -0.2) is 37.1 Å². The van der Waals surface area contributed by atoms with Crippen LogP contribution in [0.4, 0.5) is 26.3 Å². The largest absolute Gasteiger partial charge is 0.411 e. The topological polar surface area (TPSA) is 35.5 Å². The summed E-state index contributed by atoms with van der Waals surface area (Å²) < 4.78 is 84.4. The number of ketones is 1. The van der Waals surface area contributed by atoms with Gasteiger partial charge in [0.25, 0.3) is 0 Å². The van der Waals surface area contributed by atoms with Gasteiger partial charge in [-0.25, -0.2) is 0 Å². The number of alkyl halides is 6. The summed E-state index contributed by atoms with van der Waals surface area (Å²) in [6, 6.07) is 0. The molecule has 0 aliphatic heterocycles. The van der Waals surface area contributed by atoms with E-state index < -0.39 is 48.5 Å². The Kier molecular flexibility index (Phi) is 3.61. The molecule has 0 amide bonds. The van der Waals surface area contributed by atoms with Crippen molar-refractivity contribution < 1.29 is 40.6 Å². The van der Waals surface area contributed by atoms with Crippen molar-refractivity contribution in [3.8, 4) is 0 Å². The average Bonchev–Trinajstić information content (AvgIpc) is 3.11. The van der Waals surface area contributed by atoms with Gasteiger partial charge < -0.3 is 9.47 Å². The van der Waals surface area contributed by atoms with Crippen LogP contribution in [0.5, 0.6) is 0 Å². The van der Waals surface area contributed by atoms with Gasteiger partial charge >= 0.3 is 12.4 Å². The highest BCUT2D eigenvalue weighted by molar-refractivity contribution is 5.89. The summed E-state index contributed by atoms with van der Waals surface area (Å²) >= 11 is 0. The molecule has 130 valence electrons. The molecule has 3 aliphatic carbocycles. The second-order valence-electron chi connectivity index (χ2n) is 6.30. The molecule has 23 heavy (non-hydrogen) atoms. The third-order valence-corrected chi connectivity index (χ3v) is 4.82. The van der Waals surface area contributed by atoms with Crippen molar-refractivity contribution in [1.29, 1.82) is 0 Å². The number of allylic oxidation sites excluding steroid dienone is 1. The van der Waals surface area contributed by atoms with Crippen molar-refractivity contribution >= 4 is 5.78 Å². The fourth-order valence-electron chi connectivity index (χ4n) is 3.74. The minimum atomic E-state index is -4.77. The van der Waals surface area contributed by atoms with E-state index in [1.807, 2.05) is 0 Å². The molecule has 2 atom stereocenters. The lowest BCUT2D eigenvalue weighted by atomic mass is 9.70. The van der Waals surface area contributed by atoms with Gasteiger partial charge in [0.1, 0.15) is 13.2 Å². The van der Waals surface area contributed by atoms with Gasteiger partial charge in [-0.2, -0.15) is 26.3 Å². The van der Waals surface area contributed by atoms with Gasteiger partial charge in [0.05, 0.1) is 0 Å². The summed E-state index contributed by atoms with van der Waals surface area (Å²) in [6.45, 7) is -3.66. The summed E-state index contributed by atoms with van der Waals surface area (Å²) in [7, 11) is 0. The van der Waals surface area contributed by atoms with Gasteiger partial charge in [-0.3, -0.25) is 4.79 Å². The Morgan fingerprint density at radius 1 is 1.00 bits per heavy atom. The van der Waals surface area contributed by atoms with Crippen LogP contribution in [0.1, 0.15) is 19.3 Å². The standard InChI is InChI=1S/C14H14F6O3/c15-12(16,17)6-22-14(23-7-13(18,19)20)9-2-1-8(5-10(14)21)11(9)3-4-11/h1-2,8-9H,3-7H2/t8-,9-/m0/s1. The van der Waals surface area contributed by atoms with Crippen molar-refractivity contribution in [3.05, 3.63) is 12.2 Å². The molecular weight excluding hydrogens is 330 g/mol. The Balaban J connectivity index is 1.90. The molecule has 3 nitrogen and oxygen atoms in total. The zero-order valence-corrected chi connectivity index (χ0v) is 11.8. The first-order valence-electron chi connectivity index (χ1n) is 7.12. The molecule has 3 rings (SSSR count). The maximum atomic E-state index is 12.5. The maximum Gasteiger partial charge on any atom is 0.411 e. The van der Waals surface area contributed by atoms with Crippen LogP contribution in [0.25, 0.3) is 0 Å². The predicted molar refractivity (Wildman–Crippen MR) is 64.2 cm³/mol. The molecule has 1 spiro atoms. The van der Waals surface area contributed by atoms with E-state index >= 15 is 0 Å². The summed E-state index contributed by atoms with van der Waals surface area (Å²) in [6.07, 6.45) is -5.27. The zero-order valence-electron chi connectivity index (χ0n) is 11.8. The number of carbonyl (C=O) groups is 1. The van der Waals surface area contributed by atoms with Gasteiger partial charge in [-0.05, 0) is 24.2 Å². The minimum Gasteiger partial charge on any atom is -0.334 e. The number of ether oxygens (including phenoxy) is 2. The van der Waals surface area contributed by atoms with Gasteiger partial charge in [0.15, 0.2) is 5.78 Å². The van der Waals surface area contributed by atoms with Crippen molar-refractivity contribution in [1.82, 2.24) is 0 Å². The smallest absolute Gasteiger partial charge is 0.334 e. The number of Topliss-reactive ketones (excluding diaryl/α,β-unsaturated/α-hetero) is 1. The minimum absolute atomic E-state index is 0.155. The second kappa shape index (κ2) is 4.95. The van der Waals surface area contributed by atoms with Crippen molar-refractivity contribution in [2.24, 2.45) is 17.3 Å². The third kappa shape index (κ3) is 2.88. The lowest BCUT2D eigenvalue weighted by Gasteiger charge is -2.45. The van der Waals surface area contributed by atoms with Gasteiger partial charge in [0.2, 0.25) is 5.79 Å². The molecule has 0 heterocycles. The molecule has 2 fully saturated rings. The first-order chi connectivity index (χ1) is 10.5. The molecule has 0 aromatic carbocycles. The maximum absolute atomic E-state index is 12.5. The molecule has 2 bridgehead atoms. The van der Waals surface area contributed by atoms with Crippen molar-refractivity contribution in [2.45, 2.75) is 37.4 Å². The molecular formula is C14H14F6O3. The Labute approximate surface area is 127 Å². The Hall–Kier alpha value is -1.09. The zero-order chi connectivity index (χ0) is 17.1. The van der Waals surface area contributed by atoms with Gasteiger partial charge in [-0.1, -0.05) is 12.2 Å². The highest BCUT2D eigenvalue weighted by Crippen LogP contribution is 2.68. The molecule has 9 heteroatoms. The van der Waals surface area contributed by atoms with Gasteiger partial charge in [-0.15, -0.1) is 0 Å². The molecule has 0 aromatic heterocycles. The Morgan fingerprint density at radius 3 is 1.96 bits per heavy atom. The van der Waals surface area contributed by atoms with E-state index in [2.05, 4.69) is 0 Å². The molecule has 2 saturated carbocycles. The number of carbonyl (C=O) groups excluding carboxylic acids is 1. The van der Waals surface area contributed by atoms with Crippen LogP contribution >= 0.6 is 0 Å². The van der Waals surface area contributed by atoms with Crippen LogP contribution in [0.3, 0.4) is 0 Å². The third-order valence-electron chi connectivity index (χ3n) is 4.82. The van der Waals surface area contributed by atoms with Crippen molar-refractivity contribution in [3.63, 3.8) is 0 Å². The Bertz CT molecular complexity index is 514. The monoisotopic (exact) mass is 344 g/mol. The van der Waals surface area contributed by atoms with Crippen LogP contribution in [-0.2, 0) is 14.3 Å². The van der Waals surface area contributed by atoms with E-state index in [1.54, 1.807) is 6.08 Å².